The molecule has 0 saturated heterocycles. The molecule has 1 aliphatic rings. The lowest BCUT2D eigenvalue weighted by atomic mass is 10.0. The first kappa shape index (κ1) is 18.2. The number of carbonyl (C=O) groups excluding carboxylic acids is 1. The number of aromatic amines is 1. The van der Waals surface area contributed by atoms with Crippen molar-refractivity contribution in [2.24, 2.45) is 5.73 Å². The molecule has 28 heavy (non-hydrogen) atoms. The van der Waals surface area contributed by atoms with Crippen LogP contribution in [0.25, 0.3) is 11.1 Å². The highest BCUT2D eigenvalue weighted by atomic mass is 35.5. The van der Waals surface area contributed by atoms with E-state index in [1.807, 2.05) is 0 Å². The minimum atomic E-state index is -0.630. The molecule has 0 unspecified atom stereocenters. The van der Waals surface area contributed by atoms with Crippen molar-refractivity contribution in [3.63, 3.8) is 0 Å². The van der Waals surface area contributed by atoms with E-state index in [0.717, 1.165) is 12.8 Å². The minimum Gasteiger partial charge on any atom is -0.365 e. The van der Waals surface area contributed by atoms with E-state index in [0.29, 0.717) is 22.1 Å². The van der Waals surface area contributed by atoms with Crippen LogP contribution in [0.5, 0.6) is 0 Å². The van der Waals surface area contributed by atoms with Gasteiger partial charge in [0.1, 0.15) is 5.82 Å². The van der Waals surface area contributed by atoms with Gasteiger partial charge in [-0.3, -0.25) is 14.6 Å². The number of nitrogens with one attached hydrogen (secondary N) is 2. The van der Waals surface area contributed by atoms with E-state index in [1.54, 1.807) is 12.1 Å². The first-order valence-electron chi connectivity index (χ1n) is 8.67. The van der Waals surface area contributed by atoms with Crippen LogP contribution in [-0.4, -0.2) is 15.9 Å². The highest BCUT2D eigenvalue weighted by Crippen LogP contribution is 2.43. The largest absolute Gasteiger partial charge is 0.365 e. The number of aromatic nitrogens is 2. The molecule has 0 bridgehead atoms. The van der Waals surface area contributed by atoms with Crippen LogP contribution in [-0.2, 0) is 0 Å². The molecule has 2 heterocycles. The molecule has 6 nitrogen and oxygen atoms in total. The SMILES string of the molecule is NC(=O)c1cnccc1Nc1cc(-c2cc(Cl)ccc2F)c(=O)[nH]c1C1CC1. The number of benzene rings is 1. The van der Waals surface area contributed by atoms with E-state index in [2.05, 4.69) is 15.3 Å². The van der Waals surface area contributed by atoms with Crippen LogP contribution >= 0.6 is 11.6 Å². The van der Waals surface area contributed by atoms with Crippen molar-refractivity contribution in [1.29, 1.82) is 0 Å². The van der Waals surface area contributed by atoms with Gasteiger partial charge in [0.05, 0.1) is 22.5 Å². The van der Waals surface area contributed by atoms with Gasteiger partial charge in [-0.1, -0.05) is 11.6 Å². The van der Waals surface area contributed by atoms with E-state index >= 15 is 0 Å². The van der Waals surface area contributed by atoms with Gasteiger partial charge in [0, 0.05) is 34.6 Å². The number of pyridine rings is 2. The molecule has 1 aromatic carbocycles. The summed E-state index contributed by atoms with van der Waals surface area (Å²) >= 11 is 5.98. The molecular weight excluding hydrogens is 383 g/mol. The minimum absolute atomic E-state index is 0.101. The Labute approximate surface area is 164 Å². The van der Waals surface area contributed by atoms with Gasteiger partial charge >= 0.3 is 0 Å². The van der Waals surface area contributed by atoms with E-state index in [4.69, 9.17) is 17.3 Å². The van der Waals surface area contributed by atoms with Crippen molar-refractivity contribution in [1.82, 2.24) is 9.97 Å². The average Bonchev–Trinajstić information content (AvgIpc) is 3.50. The van der Waals surface area contributed by atoms with E-state index in [9.17, 15) is 14.0 Å². The average molecular weight is 399 g/mol. The third-order valence-electron chi connectivity index (χ3n) is 4.63. The molecule has 3 aromatic rings. The van der Waals surface area contributed by atoms with Crippen molar-refractivity contribution >= 4 is 28.9 Å². The lowest BCUT2D eigenvalue weighted by Crippen LogP contribution is -2.16. The van der Waals surface area contributed by atoms with Crippen molar-refractivity contribution in [3.05, 3.63) is 75.2 Å². The number of anilines is 2. The van der Waals surface area contributed by atoms with Gasteiger partial charge in [-0.15, -0.1) is 0 Å². The highest BCUT2D eigenvalue weighted by Gasteiger charge is 2.29. The molecule has 0 atom stereocenters. The zero-order valence-corrected chi connectivity index (χ0v) is 15.4. The lowest BCUT2D eigenvalue weighted by molar-refractivity contribution is 0.100. The van der Waals surface area contributed by atoms with Crippen LogP contribution in [0.15, 0.2) is 47.5 Å². The molecular formula is C20H16ClFN4O2. The summed E-state index contributed by atoms with van der Waals surface area (Å²) in [5.41, 5.74) is 7.21. The summed E-state index contributed by atoms with van der Waals surface area (Å²) in [6.07, 6.45) is 4.77. The number of halogens is 2. The Hall–Kier alpha value is -3.19. The summed E-state index contributed by atoms with van der Waals surface area (Å²) in [5.74, 6) is -0.983. The lowest BCUT2D eigenvalue weighted by Gasteiger charge is -2.15. The molecule has 2 aromatic heterocycles. The summed E-state index contributed by atoms with van der Waals surface area (Å²) in [5, 5.41) is 3.47. The normalized spacial score (nSPS) is 13.4. The number of primary amides is 1. The van der Waals surface area contributed by atoms with Crippen molar-refractivity contribution in [3.8, 4) is 11.1 Å². The van der Waals surface area contributed by atoms with Crippen molar-refractivity contribution < 1.29 is 9.18 Å². The summed E-state index contributed by atoms with van der Waals surface area (Å²) in [6, 6.07) is 7.23. The first-order valence-corrected chi connectivity index (χ1v) is 9.05. The van der Waals surface area contributed by atoms with Crippen molar-refractivity contribution in [2.75, 3.05) is 5.32 Å². The number of hydrogen-bond donors (Lipinski definition) is 3. The molecule has 0 aliphatic heterocycles. The van der Waals surface area contributed by atoms with E-state index < -0.39 is 17.3 Å². The number of H-pyrrole nitrogens is 1. The second-order valence-corrected chi connectivity index (χ2v) is 7.08. The monoisotopic (exact) mass is 398 g/mol. The topological polar surface area (TPSA) is 101 Å². The number of hydrogen-bond acceptors (Lipinski definition) is 4. The summed E-state index contributed by atoms with van der Waals surface area (Å²) in [4.78, 5) is 31.1. The van der Waals surface area contributed by atoms with Crippen LogP contribution in [0.1, 0.15) is 34.8 Å². The number of amides is 1. The maximum Gasteiger partial charge on any atom is 0.256 e. The Kier molecular flexibility index (Phi) is 4.60. The quantitative estimate of drug-likeness (QED) is 0.605. The second kappa shape index (κ2) is 7.09. The van der Waals surface area contributed by atoms with Gasteiger partial charge in [-0.05, 0) is 43.2 Å². The third kappa shape index (κ3) is 3.48. The second-order valence-electron chi connectivity index (χ2n) is 6.65. The Morgan fingerprint density at radius 2 is 2.00 bits per heavy atom. The van der Waals surface area contributed by atoms with E-state index in [-0.39, 0.29) is 22.6 Å². The molecule has 4 rings (SSSR count). The van der Waals surface area contributed by atoms with Gasteiger partial charge in [0.15, 0.2) is 0 Å². The van der Waals surface area contributed by atoms with Gasteiger partial charge in [-0.2, -0.15) is 0 Å². The highest BCUT2D eigenvalue weighted by molar-refractivity contribution is 6.30. The molecule has 1 fully saturated rings. The summed E-state index contributed by atoms with van der Waals surface area (Å²) in [7, 11) is 0. The Bertz CT molecular complexity index is 1140. The van der Waals surface area contributed by atoms with Gasteiger partial charge < -0.3 is 16.0 Å². The smallest absolute Gasteiger partial charge is 0.256 e. The molecule has 0 spiro atoms. The maximum atomic E-state index is 14.3. The van der Waals surface area contributed by atoms with Crippen LogP contribution in [0.4, 0.5) is 15.8 Å². The van der Waals surface area contributed by atoms with Crippen LogP contribution in [0.2, 0.25) is 5.02 Å². The fourth-order valence-corrected chi connectivity index (χ4v) is 3.26. The molecule has 4 N–H and O–H groups in total. The fourth-order valence-electron chi connectivity index (χ4n) is 3.09. The standard InChI is InChI=1S/C20H16ClFN4O2/c21-11-3-4-15(22)12(7-11)13-8-17(18(10-1-2-10)26-20(13)28)25-16-5-6-24-9-14(16)19(23)27/h3-10H,1-2H2,(H2,23,27)(H,24,25)(H,26,28). The Balaban J connectivity index is 1.86. The number of nitrogens with zero attached hydrogens (tertiary/aromatic N) is 1. The number of rotatable bonds is 5. The Morgan fingerprint density at radius 1 is 1.21 bits per heavy atom. The molecule has 8 heteroatoms. The molecule has 142 valence electrons. The van der Waals surface area contributed by atoms with E-state index in [1.165, 1.54) is 30.6 Å². The third-order valence-corrected chi connectivity index (χ3v) is 4.87. The van der Waals surface area contributed by atoms with Gasteiger partial charge in [0.25, 0.3) is 11.5 Å². The predicted molar refractivity (Wildman–Crippen MR) is 105 cm³/mol. The zero-order valence-electron chi connectivity index (χ0n) is 14.6. The van der Waals surface area contributed by atoms with Crippen LogP contribution < -0.4 is 16.6 Å². The number of nitrogens with two attached hydrogens (primary N) is 1. The summed E-state index contributed by atoms with van der Waals surface area (Å²) < 4.78 is 14.3. The summed E-state index contributed by atoms with van der Waals surface area (Å²) in [6.45, 7) is 0. The van der Waals surface area contributed by atoms with Crippen molar-refractivity contribution in [2.45, 2.75) is 18.8 Å². The maximum absolute atomic E-state index is 14.3. The Morgan fingerprint density at radius 3 is 2.71 bits per heavy atom. The molecule has 1 saturated carbocycles. The van der Waals surface area contributed by atoms with Gasteiger partial charge in [-0.25, -0.2) is 4.39 Å². The molecule has 0 radical (unpaired) electrons. The fraction of sp³-hybridized carbons (Fsp3) is 0.150. The van der Waals surface area contributed by atoms with Gasteiger partial charge in [0.2, 0.25) is 0 Å². The molecule has 1 aliphatic carbocycles. The van der Waals surface area contributed by atoms with Crippen LogP contribution in [0.3, 0.4) is 0 Å². The number of carbonyl (C=O) groups is 1. The first-order chi connectivity index (χ1) is 13.4. The molecule has 1 amide bonds. The zero-order chi connectivity index (χ0) is 19.8. The predicted octanol–water partition coefficient (Wildman–Crippen LogP) is 3.95. The van der Waals surface area contributed by atoms with Crippen LogP contribution in [0, 0.1) is 5.82 Å².